The summed E-state index contributed by atoms with van der Waals surface area (Å²) in [4.78, 5) is 3.78. The third kappa shape index (κ3) is 3.50. The second kappa shape index (κ2) is 6.60. The highest BCUT2D eigenvalue weighted by Gasteiger charge is 2.27. The van der Waals surface area contributed by atoms with Crippen LogP contribution in [0.4, 0.5) is 0 Å². The molecule has 0 heterocycles. The molecule has 2 nitrogen and oxygen atoms in total. The molecule has 2 atom stereocenters. The van der Waals surface area contributed by atoms with Crippen molar-refractivity contribution in [3.8, 4) is 0 Å². The number of hydrogen-bond donors (Lipinski definition) is 1. The number of rotatable bonds is 5. The zero-order valence-electron chi connectivity index (χ0n) is 11.4. The molecule has 0 amide bonds. The van der Waals surface area contributed by atoms with Gasteiger partial charge in [0.05, 0.1) is 0 Å². The Morgan fingerprint density at radius 1 is 1.28 bits per heavy atom. The standard InChI is InChI=1S/C15H24N2S/c1-3-18-13-9-7-12(8-10-13)11-17(2)15-6-4-5-14(15)16/h7-10,14-15H,3-6,11,16H2,1-2H3. The molecule has 1 aliphatic rings. The van der Waals surface area contributed by atoms with E-state index in [0.29, 0.717) is 12.1 Å². The van der Waals surface area contributed by atoms with Crippen molar-refractivity contribution in [2.75, 3.05) is 12.8 Å². The van der Waals surface area contributed by atoms with E-state index >= 15 is 0 Å². The third-order valence-corrected chi connectivity index (χ3v) is 4.66. The predicted octanol–water partition coefficient (Wildman–Crippen LogP) is 3.11. The van der Waals surface area contributed by atoms with Gasteiger partial charge in [0.25, 0.3) is 0 Å². The molecule has 2 N–H and O–H groups in total. The van der Waals surface area contributed by atoms with Crippen LogP contribution in [0.1, 0.15) is 31.7 Å². The fourth-order valence-electron chi connectivity index (χ4n) is 2.78. The Hall–Kier alpha value is -0.510. The molecule has 1 aromatic rings. The van der Waals surface area contributed by atoms with Crippen LogP contribution in [0, 0.1) is 0 Å². The van der Waals surface area contributed by atoms with Crippen LogP contribution < -0.4 is 5.73 Å². The maximum Gasteiger partial charge on any atom is 0.0247 e. The first-order chi connectivity index (χ1) is 8.70. The van der Waals surface area contributed by atoms with Gasteiger partial charge >= 0.3 is 0 Å². The summed E-state index contributed by atoms with van der Waals surface area (Å²) in [6, 6.07) is 9.88. The Kier molecular flexibility index (Phi) is 5.10. The lowest BCUT2D eigenvalue weighted by atomic mass is 10.1. The average Bonchev–Trinajstić information content (AvgIpc) is 2.78. The van der Waals surface area contributed by atoms with Gasteiger partial charge in [-0.2, -0.15) is 0 Å². The maximum absolute atomic E-state index is 6.15. The largest absolute Gasteiger partial charge is 0.326 e. The first kappa shape index (κ1) is 13.9. The summed E-state index contributed by atoms with van der Waals surface area (Å²) in [6.07, 6.45) is 3.71. The summed E-state index contributed by atoms with van der Waals surface area (Å²) in [7, 11) is 2.20. The first-order valence-corrected chi connectivity index (χ1v) is 7.87. The van der Waals surface area contributed by atoms with Gasteiger partial charge in [-0.3, -0.25) is 4.90 Å². The second-order valence-corrected chi connectivity index (χ2v) is 6.49. The van der Waals surface area contributed by atoms with Crippen molar-refractivity contribution in [2.45, 2.75) is 49.7 Å². The molecule has 0 bridgehead atoms. The van der Waals surface area contributed by atoms with Crippen LogP contribution in [0.3, 0.4) is 0 Å². The van der Waals surface area contributed by atoms with Gasteiger partial charge in [0.15, 0.2) is 0 Å². The molecule has 0 saturated heterocycles. The predicted molar refractivity (Wildman–Crippen MR) is 79.9 cm³/mol. The minimum atomic E-state index is 0.366. The van der Waals surface area contributed by atoms with E-state index in [1.54, 1.807) is 0 Å². The Balaban J connectivity index is 1.92. The lowest BCUT2D eigenvalue weighted by Crippen LogP contribution is -2.41. The molecular formula is C15H24N2S. The van der Waals surface area contributed by atoms with Gasteiger partial charge in [0.1, 0.15) is 0 Å². The molecule has 2 unspecified atom stereocenters. The first-order valence-electron chi connectivity index (χ1n) is 6.88. The number of benzene rings is 1. The van der Waals surface area contributed by atoms with Crippen molar-refractivity contribution in [1.82, 2.24) is 4.90 Å². The van der Waals surface area contributed by atoms with Crippen molar-refractivity contribution in [2.24, 2.45) is 5.73 Å². The SMILES string of the molecule is CCSc1ccc(CN(C)C2CCCC2N)cc1. The third-order valence-electron chi connectivity index (χ3n) is 3.76. The lowest BCUT2D eigenvalue weighted by molar-refractivity contribution is 0.220. The Labute approximate surface area is 115 Å². The highest BCUT2D eigenvalue weighted by molar-refractivity contribution is 7.99. The van der Waals surface area contributed by atoms with Gasteiger partial charge in [0.2, 0.25) is 0 Å². The fraction of sp³-hybridized carbons (Fsp3) is 0.600. The Morgan fingerprint density at radius 3 is 2.56 bits per heavy atom. The van der Waals surface area contributed by atoms with E-state index < -0.39 is 0 Å². The minimum Gasteiger partial charge on any atom is -0.326 e. The Morgan fingerprint density at radius 2 is 2.00 bits per heavy atom. The number of nitrogens with zero attached hydrogens (tertiary/aromatic N) is 1. The summed E-state index contributed by atoms with van der Waals surface area (Å²) in [5.74, 6) is 1.14. The topological polar surface area (TPSA) is 29.3 Å². The lowest BCUT2D eigenvalue weighted by Gasteiger charge is -2.27. The monoisotopic (exact) mass is 264 g/mol. The van der Waals surface area contributed by atoms with Crippen LogP contribution >= 0.6 is 11.8 Å². The average molecular weight is 264 g/mol. The minimum absolute atomic E-state index is 0.366. The van der Waals surface area contributed by atoms with Crippen molar-refractivity contribution < 1.29 is 0 Å². The zero-order valence-corrected chi connectivity index (χ0v) is 12.2. The molecule has 0 aliphatic heterocycles. The van der Waals surface area contributed by atoms with Gasteiger partial charge in [-0.25, -0.2) is 0 Å². The molecule has 2 rings (SSSR count). The number of hydrogen-bond acceptors (Lipinski definition) is 3. The Bertz CT molecular complexity index is 363. The van der Waals surface area contributed by atoms with Gasteiger partial charge in [-0.05, 0) is 43.3 Å². The van der Waals surface area contributed by atoms with E-state index in [4.69, 9.17) is 5.73 Å². The molecule has 1 aromatic carbocycles. The summed E-state index contributed by atoms with van der Waals surface area (Å²) >= 11 is 1.89. The van der Waals surface area contributed by atoms with Crippen LogP contribution in [0.15, 0.2) is 29.2 Å². The molecule has 0 spiro atoms. The summed E-state index contributed by atoms with van der Waals surface area (Å²) in [5.41, 5.74) is 7.54. The van der Waals surface area contributed by atoms with Gasteiger partial charge in [0, 0.05) is 23.5 Å². The molecule has 1 aliphatic carbocycles. The van der Waals surface area contributed by atoms with E-state index in [1.807, 2.05) is 11.8 Å². The molecule has 0 aromatic heterocycles. The van der Waals surface area contributed by atoms with Crippen molar-refractivity contribution in [3.63, 3.8) is 0 Å². The summed E-state index contributed by atoms with van der Waals surface area (Å²) in [5, 5.41) is 0. The second-order valence-electron chi connectivity index (χ2n) is 5.15. The van der Waals surface area contributed by atoms with Crippen LogP contribution in [0.25, 0.3) is 0 Å². The van der Waals surface area contributed by atoms with Crippen LogP contribution in [-0.4, -0.2) is 29.8 Å². The van der Waals surface area contributed by atoms with Crippen molar-refractivity contribution in [1.29, 1.82) is 0 Å². The maximum atomic E-state index is 6.15. The van der Waals surface area contributed by atoms with Gasteiger partial charge in [-0.15, -0.1) is 11.8 Å². The summed E-state index contributed by atoms with van der Waals surface area (Å²) < 4.78 is 0. The van der Waals surface area contributed by atoms with Crippen molar-refractivity contribution >= 4 is 11.8 Å². The molecular weight excluding hydrogens is 240 g/mol. The molecule has 3 heteroatoms. The van der Waals surface area contributed by atoms with E-state index in [0.717, 1.165) is 12.3 Å². The quantitative estimate of drug-likeness (QED) is 0.829. The molecule has 100 valence electrons. The normalized spacial score (nSPS) is 23.8. The van der Waals surface area contributed by atoms with Gasteiger partial charge < -0.3 is 5.73 Å². The smallest absolute Gasteiger partial charge is 0.0247 e. The highest BCUT2D eigenvalue weighted by atomic mass is 32.2. The van der Waals surface area contributed by atoms with Crippen LogP contribution in [-0.2, 0) is 6.54 Å². The number of thioether (sulfide) groups is 1. The van der Waals surface area contributed by atoms with Crippen LogP contribution in [0.2, 0.25) is 0 Å². The molecule has 0 radical (unpaired) electrons. The zero-order chi connectivity index (χ0) is 13.0. The molecule has 1 fully saturated rings. The molecule has 18 heavy (non-hydrogen) atoms. The highest BCUT2D eigenvalue weighted by Crippen LogP contribution is 2.24. The van der Waals surface area contributed by atoms with E-state index in [-0.39, 0.29) is 0 Å². The fourth-order valence-corrected chi connectivity index (χ4v) is 3.44. The molecule has 1 saturated carbocycles. The summed E-state index contributed by atoms with van der Waals surface area (Å²) in [6.45, 7) is 3.20. The number of nitrogens with two attached hydrogens (primary N) is 1. The van der Waals surface area contributed by atoms with Crippen LogP contribution in [0.5, 0.6) is 0 Å². The van der Waals surface area contributed by atoms with E-state index in [9.17, 15) is 0 Å². The number of likely N-dealkylation sites (N-methyl/N-ethyl adjacent to an activating group) is 1. The van der Waals surface area contributed by atoms with E-state index in [1.165, 1.54) is 29.7 Å². The van der Waals surface area contributed by atoms with E-state index in [2.05, 4.69) is 43.1 Å². The van der Waals surface area contributed by atoms with Gasteiger partial charge in [-0.1, -0.05) is 25.5 Å². The van der Waals surface area contributed by atoms with Crippen molar-refractivity contribution in [3.05, 3.63) is 29.8 Å².